The summed E-state index contributed by atoms with van der Waals surface area (Å²) in [5, 5.41) is 12.7. The Labute approximate surface area is 146 Å². The van der Waals surface area contributed by atoms with Gasteiger partial charge in [-0.25, -0.2) is 4.39 Å². The van der Waals surface area contributed by atoms with E-state index in [9.17, 15) is 14.3 Å². The molecule has 5 nitrogen and oxygen atoms in total. The zero-order valence-corrected chi connectivity index (χ0v) is 14.5. The first-order valence-corrected chi connectivity index (χ1v) is 7.97. The highest BCUT2D eigenvalue weighted by Crippen LogP contribution is 2.29. The quantitative estimate of drug-likeness (QED) is 0.808. The minimum absolute atomic E-state index is 0.0109. The van der Waals surface area contributed by atoms with Gasteiger partial charge in [0.05, 0.1) is 19.3 Å². The van der Waals surface area contributed by atoms with Crippen LogP contribution in [0.3, 0.4) is 0 Å². The average molecular weight is 347 g/mol. The van der Waals surface area contributed by atoms with E-state index in [4.69, 9.17) is 9.47 Å². The number of methoxy groups -OCH3 is 1. The lowest BCUT2D eigenvalue weighted by atomic mass is 10.1. The lowest BCUT2D eigenvalue weighted by Gasteiger charge is -2.15. The Hall–Kier alpha value is -2.60. The summed E-state index contributed by atoms with van der Waals surface area (Å²) in [5.74, 6) is 0.284. The Balaban J connectivity index is 2.01. The average Bonchev–Trinajstić information content (AvgIpc) is 2.59. The third-order valence-corrected chi connectivity index (χ3v) is 3.50. The molecule has 2 aromatic carbocycles. The Morgan fingerprint density at radius 3 is 2.44 bits per heavy atom. The minimum Gasteiger partial charge on any atom is -0.493 e. The molecule has 0 aliphatic heterocycles. The van der Waals surface area contributed by atoms with Crippen LogP contribution in [0.4, 0.5) is 4.39 Å². The first-order valence-electron chi connectivity index (χ1n) is 7.97. The zero-order valence-electron chi connectivity index (χ0n) is 14.5. The Morgan fingerprint density at radius 2 is 1.84 bits per heavy atom. The van der Waals surface area contributed by atoms with E-state index in [0.29, 0.717) is 22.6 Å². The van der Waals surface area contributed by atoms with Crippen molar-refractivity contribution in [3.63, 3.8) is 0 Å². The van der Waals surface area contributed by atoms with Crippen molar-refractivity contribution in [2.24, 2.45) is 0 Å². The summed E-state index contributed by atoms with van der Waals surface area (Å²) in [6, 6.07) is 10.4. The van der Waals surface area contributed by atoms with Crippen LogP contribution in [0.5, 0.6) is 11.5 Å². The number of rotatable bonds is 7. The van der Waals surface area contributed by atoms with E-state index in [-0.39, 0.29) is 24.4 Å². The number of amides is 1. The molecule has 0 spiro atoms. The Bertz CT molecular complexity index is 716. The van der Waals surface area contributed by atoms with Crippen LogP contribution in [0.25, 0.3) is 0 Å². The van der Waals surface area contributed by atoms with Gasteiger partial charge in [0, 0.05) is 12.1 Å². The maximum atomic E-state index is 12.9. The standard InChI is InChI=1S/C19H22FNO4/c1-12(2)25-17-9-6-14(10-18(17)24-3)19(23)21-11-16(22)13-4-7-15(20)8-5-13/h4-10,12,16,22H,11H2,1-3H3,(H,21,23). The molecule has 1 amide bonds. The number of carbonyl (C=O) groups is 1. The topological polar surface area (TPSA) is 67.8 Å². The summed E-state index contributed by atoms with van der Waals surface area (Å²) in [6.45, 7) is 3.81. The molecule has 2 rings (SSSR count). The highest BCUT2D eigenvalue weighted by Gasteiger charge is 2.14. The van der Waals surface area contributed by atoms with Gasteiger partial charge in [-0.3, -0.25) is 4.79 Å². The number of nitrogens with one attached hydrogen (secondary N) is 1. The van der Waals surface area contributed by atoms with Gasteiger partial charge in [0.2, 0.25) is 0 Å². The van der Waals surface area contributed by atoms with Crippen molar-refractivity contribution < 1.29 is 23.8 Å². The Morgan fingerprint density at radius 1 is 1.16 bits per heavy atom. The van der Waals surface area contributed by atoms with E-state index in [1.807, 2.05) is 13.8 Å². The van der Waals surface area contributed by atoms with Crippen molar-refractivity contribution in [2.75, 3.05) is 13.7 Å². The second-order valence-electron chi connectivity index (χ2n) is 5.81. The monoisotopic (exact) mass is 347 g/mol. The van der Waals surface area contributed by atoms with E-state index in [0.717, 1.165) is 0 Å². The second-order valence-corrected chi connectivity index (χ2v) is 5.81. The third-order valence-electron chi connectivity index (χ3n) is 3.50. The van der Waals surface area contributed by atoms with Crippen LogP contribution >= 0.6 is 0 Å². The first kappa shape index (κ1) is 18.7. The van der Waals surface area contributed by atoms with Crippen LogP contribution in [0, 0.1) is 5.82 Å². The molecule has 1 unspecified atom stereocenters. The van der Waals surface area contributed by atoms with Crippen molar-refractivity contribution in [3.8, 4) is 11.5 Å². The molecule has 0 radical (unpaired) electrons. The van der Waals surface area contributed by atoms with Gasteiger partial charge >= 0.3 is 0 Å². The molecule has 2 N–H and O–H groups in total. The van der Waals surface area contributed by atoms with Gasteiger partial charge in [-0.2, -0.15) is 0 Å². The molecule has 0 aliphatic rings. The lowest BCUT2D eigenvalue weighted by Crippen LogP contribution is -2.28. The van der Waals surface area contributed by atoms with Crippen LogP contribution < -0.4 is 14.8 Å². The molecule has 1 atom stereocenters. The normalized spacial score (nSPS) is 11.9. The molecule has 25 heavy (non-hydrogen) atoms. The minimum atomic E-state index is -0.921. The fourth-order valence-electron chi connectivity index (χ4n) is 2.25. The largest absolute Gasteiger partial charge is 0.493 e. The molecular formula is C19H22FNO4. The third kappa shape index (κ3) is 5.19. The summed E-state index contributed by atoms with van der Waals surface area (Å²) in [5.41, 5.74) is 0.916. The van der Waals surface area contributed by atoms with Crippen LogP contribution in [0.1, 0.15) is 35.9 Å². The van der Waals surface area contributed by atoms with Gasteiger partial charge < -0.3 is 19.9 Å². The fraction of sp³-hybridized carbons (Fsp3) is 0.316. The van der Waals surface area contributed by atoms with Crippen molar-refractivity contribution in [1.82, 2.24) is 5.32 Å². The maximum absolute atomic E-state index is 12.9. The predicted octanol–water partition coefficient (Wildman–Crippen LogP) is 3.08. The van der Waals surface area contributed by atoms with Crippen LogP contribution in [0.2, 0.25) is 0 Å². The van der Waals surface area contributed by atoms with Crippen molar-refractivity contribution in [2.45, 2.75) is 26.1 Å². The van der Waals surface area contributed by atoms with Crippen molar-refractivity contribution >= 4 is 5.91 Å². The molecular weight excluding hydrogens is 325 g/mol. The molecule has 6 heteroatoms. The number of halogens is 1. The van der Waals surface area contributed by atoms with Gasteiger partial charge in [-0.05, 0) is 49.7 Å². The van der Waals surface area contributed by atoms with Crippen molar-refractivity contribution in [1.29, 1.82) is 0 Å². The summed E-state index contributed by atoms with van der Waals surface area (Å²) < 4.78 is 23.8. The molecule has 0 aromatic heterocycles. The number of hydrogen-bond donors (Lipinski definition) is 2. The van der Waals surface area contributed by atoms with Gasteiger partial charge in [0.25, 0.3) is 5.91 Å². The number of carbonyl (C=O) groups excluding carboxylic acids is 1. The summed E-state index contributed by atoms with van der Waals surface area (Å²) >= 11 is 0. The summed E-state index contributed by atoms with van der Waals surface area (Å²) in [4.78, 5) is 12.3. The van der Waals surface area contributed by atoms with Gasteiger partial charge in [0.1, 0.15) is 5.82 Å². The highest BCUT2D eigenvalue weighted by atomic mass is 19.1. The van der Waals surface area contributed by atoms with Crippen LogP contribution in [-0.2, 0) is 0 Å². The molecule has 0 saturated heterocycles. The van der Waals surface area contributed by atoms with Crippen molar-refractivity contribution in [3.05, 3.63) is 59.4 Å². The van der Waals surface area contributed by atoms with E-state index in [1.165, 1.54) is 31.4 Å². The van der Waals surface area contributed by atoms with E-state index >= 15 is 0 Å². The molecule has 0 heterocycles. The molecule has 0 bridgehead atoms. The van der Waals surface area contributed by atoms with Gasteiger partial charge in [-0.15, -0.1) is 0 Å². The number of aliphatic hydroxyl groups is 1. The predicted molar refractivity (Wildman–Crippen MR) is 92.5 cm³/mol. The van der Waals surface area contributed by atoms with Crippen LogP contribution in [0.15, 0.2) is 42.5 Å². The molecule has 134 valence electrons. The van der Waals surface area contributed by atoms with E-state index in [1.54, 1.807) is 18.2 Å². The summed E-state index contributed by atoms with van der Waals surface area (Å²) in [7, 11) is 1.50. The number of aliphatic hydroxyl groups excluding tert-OH is 1. The maximum Gasteiger partial charge on any atom is 0.251 e. The van der Waals surface area contributed by atoms with Gasteiger partial charge in [-0.1, -0.05) is 12.1 Å². The van der Waals surface area contributed by atoms with E-state index < -0.39 is 6.10 Å². The smallest absolute Gasteiger partial charge is 0.251 e. The molecule has 0 fully saturated rings. The number of ether oxygens (including phenoxy) is 2. The van der Waals surface area contributed by atoms with Gasteiger partial charge in [0.15, 0.2) is 11.5 Å². The number of hydrogen-bond acceptors (Lipinski definition) is 4. The summed E-state index contributed by atoms with van der Waals surface area (Å²) in [6.07, 6.45) is -0.936. The molecule has 0 aliphatic carbocycles. The van der Waals surface area contributed by atoms with Crippen LogP contribution in [-0.4, -0.2) is 30.8 Å². The molecule has 0 saturated carbocycles. The van der Waals surface area contributed by atoms with E-state index in [2.05, 4.69) is 5.32 Å². The second kappa shape index (κ2) is 8.48. The lowest BCUT2D eigenvalue weighted by molar-refractivity contribution is 0.0916. The molecule has 2 aromatic rings. The first-order chi connectivity index (χ1) is 11.9. The Kier molecular flexibility index (Phi) is 6.36. The fourth-order valence-corrected chi connectivity index (χ4v) is 2.25. The zero-order chi connectivity index (χ0) is 18.4. The SMILES string of the molecule is COc1cc(C(=O)NCC(O)c2ccc(F)cc2)ccc1OC(C)C. The highest BCUT2D eigenvalue weighted by molar-refractivity contribution is 5.94. The number of benzene rings is 2.